The lowest BCUT2D eigenvalue weighted by Gasteiger charge is -2.13. The summed E-state index contributed by atoms with van der Waals surface area (Å²) in [4.78, 5) is 11.8. The maximum absolute atomic E-state index is 11.8. The third-order valence-electron chi connectivity index (χ3n) is 4.11. The van der Waals surface area contributed by atoms with E-state index in [0.29, 0.717) is 25.5 Å². The number of rotatable bonds is 7. The second kappa shape index (κ2) is 8.39. The van der Waals surface area contributed by atoms with Crippen molar-refractivity contribution in [1.29, 1.82) is 0 Å². The van der Waals surface area contributed by atoms with Crippen LogP contribution in [0.4, 0.5) is 0 Å². The van der Waals surface area contributed by atoms with Crippen LogP contribution in [0.2, 0.25) is 0 Å². The minimum atomic E-state index is 0. The molecule has 0 heterocycles. The first-order chi connectivity index (χ1) is 9.97. The lowest BCUT2D eigenvalue weighted by Crippen LogP contribution is -2.38. The van der Waals surface area contributed by atoms with Gasteiger partial charge in [0.1, 0.15) is 5.75 Å². The molecule has 0 spiro atoms. The third kappa shape index (κ3) is 5.50. The van der Waals surface area contributed by atoms with Gasteiger partial charge in [-0.25, -0.2) is 0 Å². The van der Waals surface area contributed by atoms with E-state index in [2.05, 4.69) is 18.3 Å². The van der Waals surface area contributed by atoms with Crippen LogP contribution >= 0.6 is 12.4 Å². The maximum atomic E-state index is 11.8. The van der Waals surface area contributed by atoms with Gasteiger partial charge in [0.2, 0.25) is 5.91 Å². The summed E-state index contributed by atoms with van der Waals surface area (Å²) < 4.78 is 5.74. The fraction of sp³-hybridized carbons (Fsp3) is 0.588. The van der Waals surface area contributed by atoms with Crippen molar-refractivity contribution >= 4 is 18.3 Å². The van der Waals surface area contributed by atoms with E-state index in [-0.39, 0.29) is 24.4 Å². The van der Waals surface area contributed by atoms with Crippen molar-refractivity contribution in [3.05, 3.63) is 28.8 Å². The Hall–Kier alpha value is -1.26. The Morgan fingerprint density at radius 2 is 2.05 bits per heavy atom. The van der Waals surface area contributed by atoms with Crippen molar-refractivity contribution in [2.75, 3.05) is 13.2 Å². The molecule has 0 radical (unpaired) electrons. The molecule has 0 aromatic heterocycles. The highest BCUT2D eigenvalue weighted by Crippen LogP contribution is 2.31. The average molecular weight is 327 g/mol. The van der Waals surface area contributed by atoms with E-state index in [9.17, 15) is 4.79 Å². The Morgan fingerprint density at radius 1 is 1.36 bits per heavy atom. The number of carbonyl (C=O) groups is 1. The zero-order valence-electron chi connectivity index (χ0n) is 13.6. The first-order valence-corrected chi connectivity index (χ1v) is 7.70. The van der Waals surface area contributed by atoms with Crippen LogP contribution < -0.4 is 15.8 Å². The lowest BCUT2D eigenvalue weighted by molar-refractivity contribution is -0.121. The average Bonchev–Trinajstić information content (AvgIpc) is 3.26. The normalized spacial score (nSPS) is 14.9. The molecular weight excluding hydrogens is 300 g/mol. The Kier molecular flexibility index (Phi) is 7.17. The van der Waals surface area contributed by atoms with Crippen molar-refractivity contribution in [2.24, 2.45) is 11.7 Å². The molecule has 1 amide bonds. The summed E-state index contributed by atoms with van der Waals surface area (Å²) in [6.45, 7) is 7.13. The zero-order valence-corrected chi connectivity index (χ0v) is 14.5. The van der Waals surface area contributed by atoms with Gasteiger partial charge in [-0.2, -0.15) is 0 Å². The quantitative estimate of drug-likeness (QED) is 0.809. The summed E-state index contributed by atoms with van der Waals surface area (Å²) in [5.41, 5.74) is 9.48. The van der Waals surface area contributed by atoms with Gasteiger partial charge in [-0.15, -0.1) is 12.4 Å². The molecule has 0 bridgehead atoms. The molecule has 22 heavy (non-hydrogen) atoms. The molecule has 1 fully saturated rings. The molecule has 0 saturated heterocycles. The number of carbonyl (C=O) groups excluding carboxylic acids is 1. The van der Waals surface area contributed by atoms with Crippen LogP contribution in [0.3, 0.4) is 0 Å². The highest BCUT2D eigenvalue weighted by molar-refractivity contribution is 5.85. The predicted molar refractivity (Wildman–Crippen MR) is 91.7 cm³/mol. The summed E-state index contributed by atoms with van der Waals surface area (Å²) in [5.74, 6) is 1.49. The maximum Gasteiger partial charge on any atom is 0.223 e. The molecule has 124 valence electrons. The molecule has 0 aliphatic heterocycles. The number of benzene rings is 1. The van der Waals surface area contributed by atoms with Crippen LogP contribution in [0.5, 0.6) is 5.75 Å². The van der Waals surface area contributed by atoms with Crippen molar-refractivity contribution in [3.8, 4) is 5.75 Å². The van der Waals surface area contributed by atoms with Gasteiger partial charge in [-0.05, 0) is 62.3 Å². The molecule has 3 N–H and O–H groups in total. The van der Waals surface area contributed by atoms with Crippen LogP contribution in [0.25, 0.3) is 0 Å². The van der Waals surface area contributed by atoms with E-state index in [0.717, 1.165) is 11.3 Å². The highest BCUT2D eigenvalue weighted by atomic mass is 35.5. The SMILES string of the molecule is Cc1cc(C)c(C)c(OCCC(=O)NCC(N)C2CC2)c1.Cl. The number of aryl methyl sites for hydroxylation is 2. The van der Waals surface area contributed by atoms with E-state index in [1.54, 1.807) is 0 Å². The molecule has 2 rings (SSSR count). The predicted octanol–water partition coefficient (Wildman–Crippen LogP) is 2.66. The number of nitrogens with two attached hydrogens (primary N) is 1. The second-order valence-corrected chi connectivity index (χ2v) is 6.11. The van der Waals surface area contributed by atoms with Crippen LogP contribution in [-0.2, 0) is 4.79 Å². The topological polar surface area (TPSA) is 64.3 Å². The Morgan fingerprint density at radius 3 is 2.68 bits per heavy atom. The van der Waals surface area contributed by atoms with Crippen molar-refractivity contribution in [3.63, 3.8) is 0 Å². The number of halogens is 1. The largest absolute Gasteiger partial charge is 0.493 e. The van der Waals surface area contributed by atoms with E-state index >= 15 is 0 Å². The van der Waals surface area contributed by atoms with Crippen LogP contribution in [-0.4, -0.2) is 25.1 Å². The highest BCUT2D eigenvalue weighted by Gasteiger charge is 2.28. The van der Waals surface area contributed by atoms with Crippen LogP contribution in [0, 0.1) is 26.7 Å². The lowest BCUT2D eigenvalue weighted by atomic mass is 10.1. The van der Waals surface area contributed by atoms with E-state index in [4.69, 9.17) is 10.5 Å². The van der Waals surface area contributed by atoms with Gasteiger partial charge in [-0.3, -0.25) is 4.79 Å². The molecule has 1 unspecified atom stereocenters. The summed E-state index contributed by atoms with van der Waals surface area (Å²) in [6, 6.07) is 4.26. The number of ether oxygens (including phenoxy) is 1. The Labute approximate surface area is 139 Å². The summed E-state index contributed by atoms with van der Waals surface area (Å²) >= 11 is 0. The molecule has 5 heteroatoms. The number of hydrogen-bond donors (Lipinski definition) is 2. The molecule has 4 nitrogen and oxygen atoms in total. The van der Waals surface area contributed by atoms with Gasteiger partial charge in [0.25, 0.3) is 0 Å². The standard InChI is InChI=1S/C17H26N2O2.ClH/c1-11-8-12(2)13(3)16(9-11)21-7-6-17(20)19-10-15(18)14-4-5-14;/h8-9,14-15H,4-7,10,18H2,1-3H3,(H,19,20);1H. The van der Waals surface area contributed by atoms with Gasteiger partial charge in [0, 0.05) is 12.6 Å². The molecule has 1 aromatic carbocycles. The van der Waals surface area contributed by atoms with Crippen LogP contribution in [0.15, 0.2) is 12.1 Å². The van der Waals surface area contributed by atoms with Gasteiger partial charge >= 0.3 is 0 Å². The van der Waals surface area contributed by atoms with Crippen molar-refractivity contribution in [2.45, 2.75) is 46.1 Å². The third-order valence-corrected chi connectivity index (χ3v) is 4.11. The molecular formula is C17H27ClN2O2. The fourth-order valence-electron chi connectivity index (χ4n) is 2.42. The smallest absolute Gasteiger partial charge is 0.223 e. The van der Waals surface area contributed by atoms with Gasteiger partial charge in [0.05, 0.1) is 13.0 Å². The summed E-state index contributed by atoms with van der Waals surface area (Å²) in [7, 11) is 0. The monoisotopic (exact) mass is 326 g/mol. The minimum Gasteiger partial charge on any atom is -0.493 e. The molecule has 1 aliphatic rings. The fourth-order valence-corrected chi connectivity index (χ4v) is 2.42. The molecule has 1 aromatic rings. The minimum absolute atomic E-state index is 0. The zero-order chi connectivity index (χ0) is 15.4. The molecule has 1 aliphatic carbocycles. The van der Waals surface area contributed by atoms with E-state index < -0.39 is 0 Å². The van der Waals surface area contributed by atoms with Crippen molar-refractivity contribution in [1.82, 2.24) is 5.32 Å². The number of amides is 1. The molecule has 1 saturated carbocycles. The number of nitrogens with one attached hydrogen (secondary N) is 1. The van der Waals surface area contributed by atoms with Gasteiger partial charge in [-0.1, -0.05) is 6.07 Å². The first kappa shape index (κ1) is 18.8. The second-order valence-electron chi connectivity index (χ2n) is 6.11. The van der Waals surface area contributed by atoms with Gasteiger partial charge < -0.3 is 15.8 Å². The summed E-state index contributed by atoms with van der Waals surface area (Å²) in [5, 5.41) is 2.88. The van der Waals surface area contributed by atoms with E-state index in [1.165, 1.54) is 24.0 Å². The Balaban J connectivity index is 0.00000242. The van der Waals surface area contributed by atoms with Gasteiger partial charge in [0.15, 0.2) is 0 Å². The molecule has 1 atom stereocenters. The van der Waals surface area contributed by atoms with Crippen molar-refractivity contribution < 1.29 is 9.53 Å². The summed E-state index contributed by atoms with van der Waals surface area (Å²) in [6.07, 6.45) is 2.77. The number of hydrogen-bond acceptors (Lipinski definition) is 3. The van der Waals surface area contributed by atoms with E-state index in [1.807, 2.05) is 19.9 Å². The van der Waals surface area contributed by atoms with Crippen LogP contribution in [0.1, 0.15) is 36.0 Å². The first-order valence-electron chi connectivity index (χ1n) is 7.70. The Bertz CT molecular complexity index is 516.